The third kappa shape index (κ3) is 6.01. The highest BCUT2D eigenvalue weighted by molar-refractivity contribution is 6.36. The van der Waals surface area contributed by atoms with E-state index < -0.39 is 0 Å². The Balaban J connectivity index is 1.01. The van der Waals surface area contributed by atoms with Crippen molar-refractivity contribution >= 4 is 63.4 Å². The lowest BCUT2D eigenvalue weighted by atomic mass is 10.2. The van der Waals surface area contributed by atoms with Gasteiger partial charge in [0.2, 0.25) is 5.91 Å². The van der Waals surface area contributed by atoms with Crippen LogP contribution in [0.3, 0.4) is 0 Å². The molecule has 2 amide bonds. The number of hydrogen-bond acceptors (Lipinski definition) is 5. The van der Waals surface area contributed by atoms with Gasteiger partial charge in [-0.15, -0.1) is 0 Å². The molecule has 2 aromatic heterocycles. The van der Waals surface area contributed by atoms with Crippen molar-refractivity contribution in [1.29, 1.82) is 0 Å². The van der Waals surface area contributed by atoms with Crippen LogP contribution in [0.2, 0.25) is 10.0 Å². The summed E-state index contributed by atoms with van der Waals surface area (Å²) in [6, 6.07) is 25.8. The summed E-state index contributed by atoms with van der Waals surface area (Å²) in [7, 11) is 0. The van der Waals surface area contributed by atoms with E-state index in [1.54, 1.807) is 42.5 Å². The molecule has 206 valence electrons. The number of halogens is 2. The molecule has 0 aliphatic carbocycles. The first-order valence-electron chi connectivity index (χ1n) is 13.1. The van der Waals surface area contributed by atoms with Crippen molar-refractivity contribution in [3.8, 4) is 11.3 Å². The van der Waals surface area contributed by atoms with Crippen molar-refractivity contribution in [3.05, 3.63) is 113 Å². The van der Waals surface area contributed by atoms with Crippen LogP contribution in [0.15, 0.2) is 99.8 Å². The summed E-state index contributed by atoms with van der Waals surface area (Å²) in [5.74, 6) is 1.10. The van der Waals surface area contributed by atoms with E-state index in [0.717, 1.165) is 16.6 Å². The molecule has 9 heteroatoms. The van der Waals surface area contributed by atoms with Crippen LogP contribution in [-0.2, 0) is 4.79 Å². The van der Waals surface area contributed by atoms with E-state index in [0.29, 0.717) is 64.8 Å². The first-order chi connectivity index (χ1) is 19.9. The number of nitrogens with one attached hydrogen (secondary N) is 1. The van der Waals surface area contributed by atoms with Gasteiger partial charge in [-0.1, -0.05) is 41.4 Å². The summed E-state index contributed by atoms with van der Waals surface area (Å²) in [5.41, 5.74) is 3.14. The first kappa shape index (κ1) is 26.7. The molecular formula is C32H25Cl2N3O4. The van der Waals surface area contributed by atoms with Crippen LogP contribution >= 0.6 is 23.2 Å². The lowest BCUT2D eigenvalue weighted by Crippen LogP contribution is -2.48. The van der Waals surface area contributed by atoms with Crippen molar-refractivity contribution in [1.82, 2.24) is 4.90 Å². The highest BCUT2D eigenvalue weighted by Crippen LogP contribution is 2.32. The fourth-order valence-electron chi connectivity index (χ4n) is 4.78. The molecule has 1 aliphatic heterocycles. The molecule has 7 nitrogen and oxygen atoms in total. The molecule has 1 saturated heterocycles. The topological polar surface area (TPSA) is 78.9 Å². The molecular weight excluding hydrogens is 561 g/mol. The number of benzene rings is 3. The zero-order valence-electron chi connectivity index (χ0n) is 21.8. The van der Waals surface area contributed by atoms with Gasteiger partial charge in [0, 0.05) is 59.6 Å². The Bertz CT molecular complexity index is 1720. The number of carbonyl (C=O) groups excluding carboxylic acids is 2. The predicted molar refractivity (Wildman–Crippen MR) is 163 cm³/mol. The maximum Gasteiger partial charge on any atom is 0.289 e. The standard InChI is InChI=1S/C32H25Cl2N3O4/c33-22-5-12-26(27(34)20-22)29-13-10-25(40-29)11-14-31(38)35-23-6-8-24(9-7-23)36-15-17-37(18-16-36)32(39)30-19-21-3-1-2-4-28(21)41-30/h1-14,19-20H,15-18H2,(H,35,38)/b14-11+. The summed E-state index contributed by atoms with van der Waals surface area (Å²) in [4.78, 5) is 29.5. The third-order valence-electron chi connectivity index (χ3n) is 6.93. The second kappa shape index (κ2) is 11.6. The minimum Gasteiger partial charge on any atom is -0.457 e. The van der Waals surface area contributed by atoms with Gasteiger partial charge in [-0.3, -0.25) is 9.59 Å². The van der Waals surface area contributed by atoms with Crippen molar-refractivity contribution in [3.63, 3.8) is 0 Å². The molecule has 1 fully saturated rings. The van der Waals surface area contributed by atoms with Gasteiger partial charge in [0.05, 0.1) is 5.02 Å². The first-order valence-corrected chi connectivity index (χ1v) is 13.9. The Hall–Kier alpha value is -4.46. The highest BCUT2D eigenvalue weighted by Gasteiger charge is 2.24. The zero-order chi connectivity index (χ0) is 28.3. The normalized spacial score (nSPS) is 13.7. The number of fused-ring (bicyclic) bond motifs is 1. The van der Waals surface area contributed by atoms with E-state index in [9.17, 15) is 9.59 Å². The Labute approximate surface area is 246 Å². The van der Waals surface area contributed by atoms with Crippen molar-refractivity contribution in [2.75, 3.05) is 36.4 Å². The molecule has 3 aromatic carbocycles. The molecule has 0 radical (unpaired) electrons. The number of amides is 2. The van der Waals surface area contributed by atoms with Gasteiger partial charge < -0.3 is 24.0 Å². The van der Waals surface area contributed by atoms with Crippen LogP contribution in [0.25, 0.3) is 28.4 Å². The fraction of sp³-hybridized carbons (Fsp3) is 0.125. The number of carbonyl (C=O) groups is 2. The number of furan rings is 2. The molecule has 0 atom stereocenters. The van der Waals surface area contributed by atoms with Crippen LogP contribution in [0, 0.1) is 0 Å². The Kier molecular flexibility index (Phi) is 7.55. The van der Waals surface area contributed by atoms with Gasteiger partial charge in [-0.2, -0.15) is 0 Å². The highest BCUT2D eigenvalue weighted by atomic mass is 35.5. The molecule has 1 N–H and O–H groups in total. The van der Waals surface area contributed by atoms with Gasteiger partial charge in [0.25, 0.3) is 5.91 Å². The van der Waals surface area contributed by atoms with Gasteiger partial charge >= 0.3 is 0 Å². The second-order valence-electron chi connectivity index (χ2n) is 9.62. The van der Waals surface area contributed by atoms with Crippen LogP contribution in [0.4, 0.5) is 11.4 Å². The zero-order valence-corrected chi connectivity index (χ0v) is 23.4. The Morgan fingerprint density at radius 2 is 1.61 bits per heavy atom. The number of rotatable bonds is 6. The van der Waals surface area contributed by atoms with Gasteiger partial charge in [-0.25, -0.2) is 0 Å². The number of piperazine rings is 1. The van der Waals surface area contributed by atoms with Gasteiger partial charge in [0.15, 0.2) is 5.76 Å². The van der Waals surface area contributed by atoms with Crippen LogP contribution < -0.4 is 10.2 Å². The molecule has 5 aromatic rings. The number of anilines is 2. The number of hydrogen-bond donors (Lipinski definition) is 1. The van der Waals surface area contributed by atoms with Crippen LogP contribution in [-0.4, -0.2) is 42.9 Å². The van der Waals surface area contributed by atoms with Gasteiger partial charge in [-0.05, 0) is 72.8 Å². The molecule has 0 unspecified atom stereocenters. The van der Waals surface area contributed by atoms with E-state index in [-0.39, 0.29) is 11.8 Å². The summed E-state index contributed by atoms with van der Waals surface area (Å²) in [6.07, 6.45) is 3.02. The Morgan fingerprint density at radius 1 is 0.829 bits per heavy atom. The van der Waals surface area contributed by atoms with E-state index in [2.05, 4.69) is 10.2 Å². The average Bonchev–Trinajstić information content (AvgIpc) is 3.64. The summed E-state index contributed by atoms with van der Waals surface area (Å²) >= 11 is 12.2. The summed E-state index contributed by atoms with van der Waals surface area (Å²) in [5, 5.41) is 4.82. The maximum absolute atomic E-state index is 12.9. The number of nitrogens with zero attached hydrogens (tertiary/aromatic N) is 2. The average molecular weight is 586 g/mol. The largest absolute Gasteiger partial charge is 0.457 e. The van der Waals surface area contributed by atoms with E-state index >= 15 is 0 Å². The second-order valence-corrected chi connectivity index (χ2v) is 10.5. The fourth-order valence-corrected chi connectivity index (χ4v) is 5.29. The number of para-hydroxylation sites is 1. The van der Waals surface area contributed by atoms with Crippen LogP contribution in [0.5, 0.6) is 0 Å². The van der Waals surface area contributed by atoms with E-state index in [4.69, 9.17) is 32.0 Å². The lowest BCUT2D eigenvalue weighted by Gasteiger charge is -2.35. The molecule has 6 rings (SSSR count). The van der Waals surface area contributed by atoms with E-state index in [1.165, 1.54) is 6.08 Å². The molecule has 3 heterocycles. The predicted octanol–water partition coefficient (Wildman–Crippen LogP) is 7.61. The Morgan fingerprint density at radius 3 is 2.37 bits per heavy atom. The molecule has 0 spiro atoms. The van der Waals surface area contributed by atoms with Gasteiger partial charge in [0.1, 0.15) is 17.1 Å². The quantitative estimate of drug-likeness (QED) is 0.207. The SMILES string of the molecule is O=C(/C=C/c1ccc(-c2ccc(Cl)cc2Cl)o1)Nc1ccc(N2CCN(C(=O)c3cc4ccccc4o3)CC2)cc1. The van der Waals surface area contributed by atoms with E-state index in [1.807, 2.05) is 53.4 Å². The molecule has 0 bridgehead atoms. The minimum absolute atomic E-state index is 0.0912. The minimum atomic E-state index is -0.280. The summed E-state index contributed by atoms with van der Waals surface area (Å²) < 4.78 is 11.6. The maximum atomic E-state index is 12.9. The van der Waals surface area contributed by atoms with Crippen molar-refractivity contribution in [2.24, 2.45) is 0 Å². The molecule has 0 saturated carbocycles. The third-order valence-corrected chi connectivity index (χ3v) is 7.47. The van der Waals surface area contributed by atoms with Crippen molar-refractivity contribution in [2.45, 2.75) is 0 Å². The van der Waals surface area contributed by atoms with Crippen LogP contribution in [0.1, 0.15) is 16.3 Å². The molecule has 1 aliphatic rings. The smallest absolute Gasteiger partial charge is 0.289 e. The lowest BCUT2D eigenvalue weighted by molar-refractivity contribution is -0.111. The monoisotopic (exact) mass is 585 g/mol. The van der Waals surface area contributed by atoms with Crippen molar-refractivity contribution < 1.29 is 18.4 Å². The molecule has 41 heavy (non-hydrogen) atoms. The summed E-state index contributed by atoms with van der Waals surface area (Å²) in [6.45, 7) is 2.59.